The highest BCUT2D eigenvalue weighted by atomic mass is 35.5. The number of aromatic nitrogens is 1. The smallest absolute Gasteiger partial charge is 0.141 e. The van der Waals surface area contributed by atoms with Crippen molar-refractivity contribution < 1.29 is 4.39 Å². The molecule has 1 aromatic heterocycles. The van der Waals surface area contributed by atoms with Crippen LogP contribution in [0.5, 0.6) is 0 Å². The highest BCUT2D eigenvalue weighted by molar-refractivity contribution is 7.11. The van der Waals surface area contributed by atoms with Gasteiger partial charge in [0.2, 0.25) is 0 Å². The van der Waals surface area contributed by atoms with Crippen LogP contribution in [0.25, 0.3) is 10.9 Å². The van der Waals surface area contributed by atoms with Crippen LogP contribution in [0.4, 0.5) is 15.1 Å². The van der Waals surface area contributed by atoms with Crippen molar-refractivity contribution in [3.8, 4) is 0 Å². The van der Waals surface area contributed by atoms with Crippen LogP contribution in [-0.4, -0.2) is 4.37 Å². The molecule has 1 N–H and O–H groups in total. The predicted molar refractivity (Wildman–Crippen MR) is 74.3 cm³/mol. The molecule has 90 valence electrons. The highest BCUT2D eigenvalue weighted by Crippen LogP contribution is 2.31. The molecule has 18 heavy (non-hydrogen) atoms. The maximum absolute atomic E-state index is 13.1. The summed E-state index contributed by atoms with van der Waals surface area (Å²) >= 11 is 7.11. The van der Waals surface area contributed by atoms with Gasteiger partial charge in [-0.1, -0.05) is 23.7 Å². The molecule has 0 atom stereocenters. The molecule has 0 bridgehead atoms. The van der Waals surface area contributed by atoms with Gasteiger partial charge in [0.15, 0.2) is 0 Å². The fourth-order valence-corrected chi connectivity index (χ4v) is 2.65. The van der Waals surface area contributed by atoms with E-state index in [1.54, 1.807) is 12.1 Å². The Labute approximate surface area is 112 Å². The van der Waals surface area contributed by atoms with Gasteiger partial charge in [-0.25, -0.2) is 4.39 Å². The minimum Gasteiger partial charge on any atom is -0.345 e. The van der Waals surface area contributed by atoms with Crippen LogP contribution in [0, 0.1) is 5.82 Å². The van der Waals surface area contributed by atoms with Crippen molar-refractivity contribution in [2.45, 2.75) is 0 Å². The average Bonchev–Trinajstić information content (AvgIpc) is 2.78. The lowest BCUT2D eigenvalue weighted by Crippen LogP contribution is -1.88. The van der Waals surface area contributed by atoms with Crippen LogP contribution in [0.2, 0.25) is 5.02 Å². The van der Waals surface area contributed by atoms with Crippen molar-refractivity contribution in [1.29, 1.82) is 0 Å². The third-order valence-electron chi connectivity index (χ3n) is 2.56. The zero-order chi connectivity index (χ0) is 12.5. The van der Waals surface area contributed by atoms with Crippen molar-refractivity contribution in [3.63, 3.8) is 0 Å². The van der Waals surface area contributed by atoms with Gasteiger partial charge in [0, 0.05) is 11.1 Å². The summed E-state index contributed by atoms with van der Waals surface area (Å²) in [4.78, 5) is 0. The molecule has 0 aliphatic rings. The van der Waals surface area contributed by atoms with Crippen LogP contribution >= 0.6 is 23.1 Å². The lowest BCUT2D eigenvalue weighted by Gasteiger charge is -2.04. The van der Waals surface area contributed by atoms with E-state index in [0.717, 1.165) is 21.6 Å². The van der Waals surface area contributed by atoms with Gasteiger partial charge in [0.25, 0.3) is 0 Å². The summed E-state index contributed by atoms with van der Waals surface area (Å²) in [6.45, 7) is 0. The molecule has 0 amide bonds. The Bertz CT molecular complexity index is 711. The van der Waals surface area contributed by atoms with Gasteiger partial charge in [0.05, 0.1) is 10.5 Å². The highest BCUT2D eigenvalue weighted by Gasteiger charge is 2.06. The van der Waals surface area contributed by atoms with Crippen molar-refractivity contribution in [2.75, 3.05) is 5.32 Å². The molecular formula is C13H8ClFN2S. The number of hydrogen-bond acceptors (Lipinski definition) is 3. The molecule has 0 saturated carbocycles. The molecule has 0 fully saturated rings. The first-order valence-corrected chi connectivity index (χ1v) is 6.46. The maximum Gasteiger partial charge on any atom is 0.141 e. The third kappa shape index (κ3) is 2.05. The zero-order valence-corrected chi connectivity index (χ0v) is 10.7. The first-order valence-electron chi connectivity index (χ1n) is 5.30. The van der Waals surface area contributed by atoms with Crippen LogP contribution < -0.4 is 5.32 Å². The summed E-state index contributed by atoms with van der Waals surface area (Å²) in [5, 5.41) is 5.27. The van der Waals surface area contributed by atoms with Gasteiger partial charge in [-0.05, 0) is 41.9 Å². The number of anilines is 2. The molecule has 5 heteroatoms. The summed E-state index contributed by atoms with van der Waals surface area (Å²) in [6.07, 6.45) is 0. The Morgan fingerprint density at radius 1 is 1.17 bits per heavy atom. The summed E-state index contributed by atoms with van der Waals surface area (Å²) in [5.74, 6) is -0.420. The Hall–Kier alpha value is -1.65. The molecule has 0 unspecified atom stereocenters. The number of nitrogens with one attached hydrogen (secondary N) is 1. The fourth-order valence-electron chi connectivity index (χ4n) is 1.68. The van der Waals surface area contributed by atoms with Crippen LogP contribution in [-0.2, 0) is 0 Å². The topological polar surface area (TPSA) is 24.9 Å². The lowest BCUT2D eigenvalue weighted by molar-refractivity contribution is 0.628. The number of nitrogens with zero attached hydrogens (tertiary/aromatic N) is 1. The van der Waals surface area contributed by atoms with E-state index >= 15 is 0 Å². The second-order valence-electron chi connectivity index (χ2n) is 3.78. The molecule has 0 saturated heterocycles. The van der Waals surface area contributed by atoms with Gasteiger partial charge in [0.1, 0.15) is 10.8 Å². The standard InChI is InChI=1S/C13H8ClFN2S/c14-10-7-8(5-6-11(10)15)16-13-9-3-1-2-4-12(9)17-18-13/h1-7,16H. The SMILES string of the molecule is Fc1ccc(Nc2snc3ccccc23)cc1Cl. The molecule has 3 rings (SSSR count). The van der Waals surface area contributed by atoms with Crippen LogP contribution in [0.1, 0.15) is 0 Å². The molecule has 0 spiro atoms. The minimum absolute atomic E-state index is 0.105. The normalized spacial score (nSPS) is 10.8. The number of benzene rings is 2. The van der Waals surface area contributed by atoms with Crippen molar-refractivity contribution in [1.82, 2.24) is 4.37 Å². The Morgan fingerprint density at radius 2 is 2.00 bits per heavy atom. The van der Waals surface area contributed by atoms with Crippen molar-refractivity contribution in [2.24, 2.45) is 0 Å². The first-order chi connectivity index (χ1) is 8.74. The molecule has 0 aliphatic carbocycles. The van der Waals surface area contributed by atoms with E-state index in [-0.39, 0.29) is 5.02 Å². The number of hydrogen-bond donors (Lipinski definition) is 1. The number of halogens is 2. The van der Waals surface area contributed by atoms with E-state index in [4.69, 9.17) is 11.6 Å². The van der Waals surface area contributed by atoms with Gasteiger partial charge >= 0.3 is 0 Å². The largest absolute Gasteiger partial charge is 0.345 e. The lowest BCUT2D eigenvalue weighted by atomic mass is 10.2. The van der Waals surface area contributed by atoms with Crippen molar-refractivity contribution in [3.05, 3.63) is 53.3 Å². The maximum atomic E-state index is 13.1. The molecule has 3 aromatic rings. The molecule has 1 heterocycles. The minimum atomic E-state index is -0.420. The van der Waals surface area contributed by atoms with Crippen LogP contribution in [0.3, 0.4) is 0 Å². The average molecular weight is 279 g/mol. The molecule has 0 radical (unpaired) electrons. The van der Waals surface area contributed by atoms with Crippen molar-refractivity contribution >= 4 is 44.7 Å². The Balaban J connectivity index is 1.98. The first kappa shape index (κ1) is 11.4. The third-order valence-corrected chi connectivity index (χ3v) is 3.64. The Kier molecular flexibility index (Phi) is 2.89. The summed E-state index contributed by atoms with van der Waals surface area (Å²) < 4.78 is 17.4. The monoisotopic (exact) mass is 278 g/mol. The van der Waals surface area contributed by atoms with Gasteiger partial charge < -0.3 is 5.32 Å². The van der Waals surface area contributed by atoms with E-state index in [1.165, 1.54) is 17.6 Å². The van der Waals surface area contributed by atoms with Gasteiger partial charge in [-0.3, -0.25) is 0 Å². The summed E-state index contributed by atoms with van der Waals surface area (Å²) in [7, 11) is 0. The number of fused-ring (bicyclic) bond motifs is 1. The summed E-state index contributed by atoms with van der Waals surface area (Å²) in [6, 6.07) is 12.4. The van der Waals surface area contributed by atoms with Gasteiger partial charge in [-0.15, -0.1) is 0 Å². The van der Waals surface area contributed by atoms with E-state index in [9.17, 15) is 4.39 Å². The van der Waals surface area contributed by atoms with Gasteiger partial charge in [-0.2, -0.15) is 4.37 Å². The summed E-state index contributed by atoms with van der Waals surface area (Å²) in [5.41, 5.74) is 1.69. The second kappa shape index (κ2) is 4.55. The molecule has 2 aromatic carbocycles. The van der Waals surface area contributed by atoms with E-state index in [1.807, 2.05) is 24.3 Å². The van der Waals surface area contributed by atoms with E-state index in [0.29, 0.717) is 0 Å². The van der Waals surface area contributed by atoms with E-state index in [2.05, 4.69) is 9.69 Å². The predicted octanol–water partition coefficient (Wildman–Crippen LogP) is 4.83. The molecule has 0 aliphatic heterocycles. The molecule has 2 nitrogen and oxygen atoms in total. The second-order valence-corrected chi connectivity index (χ2v) is 4.96. The zero-order valence-electron chi connectivity index (χ0n) is 9.15. The Morgan fingerprint density at radius 3 is 2.83 bits per heavy atom. The quantitative estimate of drug-likeness (QED) is 0.726. The molecular weight excluding hydrogens is 271 g/mol. The van der Waals surface area contributed by atoms with Crippen LogP contribution in [0.15, 0.2) is 42.5 Å². The van der Waals surface area contributed by atoms with E-state index < -0.39 is 5.82 Å². The fraction of sp³-hybridized carbons (Fsp3) is 0. The number of rotatable bonds is 2.